The third kappa shape index (κ3) is 2.75. The molecular formula is C14H21N5. The Morgan fingerprint density at radius 3 is 2.58 bits per heavy atom. The molecule has 0 spiro atoms. The average Bonchev–Trinajstić information content (AvgIpc) is 2.87. The van der Waals surface area contributed by atoms with E-state index in [0.717, 1.165) is 48.2 Å². The van der Waals surface area contributed by atoms with E-state index in [1.54, 1.807) is 6.20 Å². The van der Waals surface area contributed by atoms with Gasteiger partial charge in [0, 0.05) is 25.5 Å². The van der Waals surface area contributed by atoms with Gasteiger partial charge < -0.3 is 9.88 Å². The average molecular weight is 259 g/mol. The Hall–Kier alpha value is -1.91. The van der Waals surface area contributed by atoms with E-state index in [9.17, 15) is 0 Å². The second-order valence-electron chi connectivity index (χ2n) is 4.56. The van der Waals surface area contributed by atoms with E-state index >= 15 is 0 Å². The Kier molecular flexibility index (Phi) is 4.14. The number of rotatable bonds is 5. The van der Waals surface area contributed by atoms with Crippen molar-refractivity contribution in [1.29, 1.82) is 0 Å². The second kappa shape index (κ2) is 5.82. The molecule has 0 aromatic carbocycles. The van der Waals surface area contributed by atoms with Crippen LogP contribution in [0.25, 0.3) is 11.5 Å². The van der Waals surface area contributed by atoms with Gasteiger partial charge in [0.05, 0.1) is 11.4 Å². The Balaban J connectivity index is 2.51. The highest BCUT2D eigenvalue weighted by Crippen LogP contribution is 2.24. The summed E-state index contributed by atoms with van der Waals surface area (Å²) >= 11 is 0. The van der Waals surface area contributed by atoms with Crippen molar-refractivity contribution in [3.63, 3.8) is 0 Å². The minimum absolute atomic E-state index is 0.825. The molecule has 0 saturated carbocycles. The van der Waals surface area contributed by atoms with Gasteiger partial charge in [0.25, 0.3) is 0 Å². The first-order chi connectivity index (χ1) is 9.17. The lowest BCUT2D eigenvalue weighted by molar-refractivity contribution is 0.766. The molecule has 1 N–H and O–H groups in total. The van der Waals surface area contributed by atoms with Gasteiger partial charge >= 0.3 is 0 Å². The van der Waals surface area contributed by atoms with Crippen LogP contribution in [0.2, 0.25) is 0 Å². The SMILES string of the molecule is CCCNc1nc(C)c(C)nc1-c1nccn1CC. The quantitative estimate of drug-likeness (QED) is 0.897. The molecule has 0 aliphatic heterocycles. The van der Waals surface area contributed by atoms with Gasteiger partial charge in [-0.15, -0.1) is 0 Å². The summed E-state index contributed by atoms with van der Waals surface area (Å²) in [5.74, 6) is 1.70. The van der Waals surface area contributed by atoms with E-state index < -0.39 is 0 Å². The molecule has 0 unspecified atom stereocenters. The van der Waals surface area contributed by atoms with Crippen molar-refractivity contribution in [2.45, 2.75) is 40.7 Å². The Bertz CT molecular complexity index is 559. The van der Waals surface area contributed by atoms with Gasteiger partial charge in [-0.25, -0.2) is 15.0 Å². The van der Waals surface area contributed by atoms with Crippen LogP contribution in [0.3, 0.4) is 0 Å². The zero-order chi connectivity index (χ0) is 13.8. The summed E-state index contributed by atoms with van der Waals surface area (Å²) in [6.07, 6.45) is 4.82. The molecule has 0 aliphatic rings. The molecule has 0 atom stereocenters. The molecule has 0 radical (unpaired) electrons. The van der Waals surface area contributed by atoms with Crippen LogP contribution >= 0.6 is 0 Å². The highest BCUT2D eigenvalue weighted by molar-refractivity contribution is 5.66. The van der Waals surface area contributed by atoms with Crippen molar-refractivity contribution in [2.24, 2.45) is 0 Å². The first-order valence-corrected chi connectivity index (χ1v) is 6.78. The fourth-order valence-corrected chi connectivity index (χ4v) is 1.91. The van der Waals surface area contributed by atoms with Gasteiger partial charge in [0.15, 0.2) is 11.6 Å². The first-order valence-electron chi connectivity index (χ1n) is 6.78. The van der Waals surface area contributed by atoms with Crippen molar-refractivity contribution in [2.75, 3.05) is 11.9 Å². The van der Waals surface area contributed by atoms with Crippen molar-refractivity contribution >= 4 is 5.82 Å². The minimum atomic E-state index is 0.825. The van der Waals surface area contributed by atoms with Crippen LogP contribution in [0.15, 0.2) is 12.4 Å². The predicted octanol–water partition coefficient (Wildman–Crippen LogP) is 2.80. The minimum Gasteiger partial charge on any atom is -0.368 e. The molecule has 2 heterocycles. The number of nitrogens with one attached hydrogen (secondary N) is 1. The maximum atomic E-state index is 4.67. The smallest absolute Gasteiger partial charge is 0.162 e. The van der Waals surface area contributed by atoms with Crippen LogP contribution in [0.5, 0.6) is 0 Å². The zero-order valence-electron chi connectivity index (χ0n) is 12.1. The van der Waals surface area contributed by atoms with Gasteiger partial charge in [0.2, 0.25) is 0 Å². The van der Waals surface area contributed by atoms with Crippen molar-refractivity contribution < 1.29 is 0 Å². The van der Waals surface area contributed by atoms with Crippen molar-refractivity contribution in [3.05, 3.63) is 23.8 Å². The van der Waals surface area contributed by atoms with Crippen LogP contribution in [-0.4, -0.2) is 26.1 Å². The number of aromatic nitrogens is 4. The zero-order valence-corrected chi connectivity index (χ0v) is 12.1. The van der Waals surface area contributed by atoms with Crippen LogP contribution in [0.1, 0.15) is 31.7 Å². The van der Waals surface area contributed by atoms with Gasteiger partial charge in [-0.05, 0) is 27.2 Å². The van der Waals surface area contributed by atoms with E-state index in [-0.39, 0.29) is 0 Å². The molecule has 0 saturated heterocycles. The number of nitrogens with zero attached hydrogens (tertiary/aromatic N) is 4. The number of hydrogen-bond acceptors (Lipinski definition) is 4. The second-order valence-corrected chi connectivity index (χ2v) is 4.56. The van der Waals surface area contributed by atoms with Gasteiger partial charge in [-0.3, -0.25) is 0 Å². The topological polar surface area (TPSA) is 55.6 Å². The number of aryl methyl sites for hydroxylation is 3. The van der Waals surface area contributed by atoms with Gasteiger partial charge in [-0.2, -0.15) is 0 Å². The van der Waals surface area contributed by atoms with Crippen LogP contribution in [0, 0.1) is 13.8 Å². The standard InChI is InChI=1S/C14H21N5/c1-5-7-15-13-12(17-10(3)11(4)18-13)14-16-8-9-19(14)6-2/h8-9H,5-7H2,1-4H3,(H,15,18). The highest BCUT2D eigenvalue weighted by atomic mass is 15.1. The first kappa shape index (κ1) is 13.5. The van der Waals surface area contributed by atoms with E-state index in [2.05, 4.69) is 38.7 Å². The fraction of sp³-hybridized carbons (Fsp3) is 0.500. The van der Waals surface area contributed by atoms with E-state index in [4.69, 9.17) is 0 Å². The summed E-state index contributed by atoms with van der Waals surface area (Å²) in [5.41, 5.74) is 2.74. The van der Waals surface area contributed by atoms with Gasteiger partial charge in [0.1, 0.15) is 5.69 Å². The molecule has 0 bridgehead atoms. The molecule has 102 valence electrons. The monoisotopic (exact) mass is 259 g/mol. The lowest BCUT2D eigenvalue weighted by Crippen LogP contribution is -2.09. The Morgan fingerprint density at radius 1 is 1.16 bits per heavy atom. The molecule has 5 nitrogen and oxygen atoms in total. The third-order valence-corrected chi connectivity index (χ3v) is 3.12. The number of hydrogen-bond donors (Lipinski definition) is 1. The largest absolute Gasteiger partial charge is 0.368 e. The van der Waals surface area contributed by atoms with Crippen LogP contribution < -0.4 is 5.32 Å². The van der Waals surface area contributed by atoms with E-state index in [1.165, 1.54) is 0 Å². The molecule has 2 rings (SSSR count). The summed E-state index contributed by atoms with van der Waals surface area (Å²) in [6.45, 7) is 9.95. The summed E-state index contributed by atoms with van der Waals surface area (Å²) in [7, 11) is 0. The predicted molar refractivity (Wildman–Crippen MR) is 77.2 cm³/mol. The summed E-state index contributed by atoms with van der Waals surface area (Å²) < 4.78 is 2.08. The van der Waals surface area contributed by atoms with Crippen LogP contribution in [-0.2, 0) is 6.54 Å². The van der Waals surface area contributed by atoms with Gasteiger partial charge in [-0.1, -0.05) is 6.92 Å². The molecule has 5 heteroatoms. The summed E-state index contributed by atoms with van der Waals surface area (Å²) in [4.78, 5) is 13.7. The highest BCUT2D eigenvalue weighted by Gasteiger charge is 2.15. The number of anilines is 1. The lowest BCUT2D eigenvalue weighted by Gasteiger charge is -2.12. The fourth-order valence-electron chi connectivity index (χ4n) is 1.91. The molecule has 0 amide bonds. The summed E-state index contributed by atoms with van der Waals surface area (Å²) in [5, 5.41) is 3.34. The van der Waals surface area contributed by atoms with E-state index in [1.807, 2.05) is 20.0 Å². The maximum Gasteiger partial charge on any atom is 0.162 e. The normalized spacial score (nSPS) is 10.7. The Labute approximate surface area is 114 Å². The molecule has 0 fully saturated rings. The van der Waals surface area contributed by atoms with Crippen LogP contribution in [0.4, 0.5) is 5.82 Å². The van der Waals surface area contributed by atoms with Crippen molar-refractivity contribution in [1.82, 2.24) is 19.5 Å². The Morgan fingerprint density at radius 2 is 1.89 bits per heavy atom. The maximum absolute atomic E-state index is 4.67. The van der Waals surface area contributed by atoms with E-state index in [0.29, 0.717) is 0 Å². The summed E-state index contributed by atoms with van der Waals surface area (Å²) in [6, 6.07) is 0. The lowest BCUT2D eigenvalue weighted by atomic mass is 10.3. The molecule has 2 aromatic rings. The van der Waals surface area contributed by atoms with Crippen molar-refractivity contribution in [3.8, 4) is 11.5 Å². The molecule has 0 aliphatic carbocycles. The number of imidazole rings is 1. The molecule has 2 aromatic heterocycles. The third-order valence-electron chi connectivity index (χ3n) is 3.12. The molecule has 19 heavy (non-hydrogen) atoms. The molecular weight excluding hydrogens is 238 g/mol.